The fraction of sp³-hybridized carbons (Fsp3) is 0.917. The normalized spacial score (nSPS) is 10.9. The molecule has 0 spiro atoms. The van der Waals surface area contributed by atoms with Crippen LogP contribution in [0.15, 0.2) is 0 Å². The van der Waals surface area contributed by atoms with E-state index in [4.69, 9.17) is 5.26 Å². The van der Waals surface area contributed by atoms with Gasteiger partial charge in [-0.05, 0) is 26.8 Å². The van der Waals surface area contributed by atoms with Crippen LogP contribution >= 0.6 is 0 Å². The molecule has 0 unspecified atom stereocenters. The SMILES string of the molecule is CCCCCCCN(CC#N)C(C)C. The molecule has 0 saturated heterocycles. The molecule has 0 aromatic rings. The summed E-state index contributed by atoms with van der Waals surface area (Å²) in [7, 11) is 0. The zero-order valence-electron chi connectivity index (χ0n) is 9.92. The lowest BCUT2D eigenvalue weighted by Gasteiger charge is -2.23. The van der Waals surface area contributed by atoms with Gasteiger partial charge in [-0.25, -0.2) is 0 Å². The van der Waals surface area contributed by atoms with Gasteiger partial charge in [0.2, 0.25) is 0 Å². The third-order valence-corrected chi connectivity index (χ3v) is 2.55. The van der Waals surface area contributed by atoms with Gasteiger partial charge in [0, 0.05) is 6.04 Å². The second kappa shape index (κ2) is 9.02. The van der Waals surface area contributed by atoms with Crippen LogP contribution < -0.4 is 0 Å². The summed E-state index contributed by atoms with van der Waals surface area (Å²) in [5, 5.41) is 8.63. The van der Waals surface area contributed by atoms with Gasteiger partial charge in [0.15, 0.2) is 0 Å². The van der Waals surface area contributed by atoms with E-state index in [1.165, 1.54) is 32.1 Å². The number of unbranched alkanes of at least 4 members (excludes halogenated alkanes) is 4. The second-order valence-corrected chi connectivity index (χ2v) is 4.14. The molecule has 0 heterocycles. The smallest absolute Gasteiger partial charge is 0.0868 e. The maximum Gasteiger partial charge on any atom is 0.0868 e. The predicted molar refractivity (Wildman–Crippen MR) is 61.1 cm³/mol. The maximum absolute atomic E-state index is 8.63. The van der Waals surface area contributed by atoms with E-state index in [0.717, 1.165) is 6.54 Å². The number of hydrogen-bond donors (Lipinski definition) is 0. The average Bonchev–Trinajstić information content (AvgIpc) is 2.15. The Morgan fingerprint density at radius 2 is 1.79 bits per heavy atom. The highest BCUT2D eigenvalue weighted by molar-refractivity contribution is 4.78. The molecule has 0 radical (unpaired) electrons. The minimum absolute atomic E-state index is 0.501. The van der Waals surface area contributed by atoms with E-state index in [9.17, 15) is 0 Å². The molecule has 0 amide bonds. The molecule has 0 aliphatic heterocycles. The van der Waals surface area contributed by atoms with Gasteiger partial charge in [-0.3, -0.25) is 4.90 Å². The Bertz CT molecular complexity index is 158. The van der Waals surface area contributed by atoms with Crippen molar-refractivity contribution in [1.29, 1.82) is 5.26 Å². The first-order chi connectivity index (χ1) is 6.72. The van der Waals surface area contributed by atoms with Gasteiger partial charge >= 0.3 is 0 Å². The largest absolute Gasteiger partial charge is 0.288 e. The van der Waals surface area contributed by atoms with Crippen molar-refractivity contribution < 1.29 is 0 Å². The minimum Gasteiger partial charge on any atom is -0.288 e. The van der Waals surface area contributed by atoms with Crippen molar-refractivity contribution in [1.82, 2.24) is 4.90 Å². The van der Waals surface area contributed by atoms with Crippen LogP contribution in [0.4, 0.5) is 0 Å². The van der Waals surface area contributed by atoms with Gasteiger partial charge in [-0.2, -0.15) is 5.26 Å². The van der Waals surface area contributed by atoms with Crippen molar-refractivity contribution in [3.63, 3.8) is 0 Å². The Morgan fingerprint density at radius 3 is 2.29 bits per heavy atom. The summed E-state index contributed by atoms with van der Waals surface area (Å²) < 4.78 is 0. The highest BCUT2D eigenvalue weighted by Crippen LogP contribution is 2.05. The van der Waals surface area contributed by atoms with E-state index >= 15 is 0 Å². The zero-order valence-corrected chi connectivity index (χ0v) is 9.92. The van der Waals surface area contributed by atoms with Crippen LogP contribution in [-0.2, 0) is 0 Å². The van der Waals surface area contributed by atoms with E-state index in [2.05, 4.69) is 31.7 Å². The first kappa shape index (κ1) is 13.4. The molecule has 0 bridgehead atoms. The van der Waals surface area contributed by atoms with Crippen molar-refractivity contribution in [3.05, 3.63) is 0 Å². The first-order valence-electron chi connectivity index (χ1n) is 5.83. The summed E-state index contributed by atoms with van der Waals surface area (Å²) in [5.74, 6) is 0. The van der Waals surface area contributed by atoms with Crippen LogP contribution in [0.25, 0.3) is 0 Å². The Hall–Kier alpha value is -0.550. The molecule has 0 N–H and O–H groups in total. The van der Waals surface area contributed by atoms with E-state index < -0.39 is 0 Å². The molecular formula is C12H24N2. The monoisotopic (exact) mass is 196 g/mol. The third-order valence-electron chi connectivity index (χ3n) is 2.55. The van der Waals surface area contributed by atoms with Gasteiger partial charge in [0.05, 0.1) is 12.6 Å². The van der Waals surface area contributed by atoms with Crippen LogP contribution in [0.1, 0.15) is 52.9 Å². The first-order valence-corrected chi connectivity index (χ1v) is 5.83. The van der Waals surface area contributed by atoms with E-state index in [1.54, 1.807) is 0 Å². The van der Waals surface area contributed by atoms with Crippen molar-refractivity contribution in [2.75, 3.05) is 13.1 Å². The lowest BCUT2D eigenvalue weighted by atomic mass is 10.1. The quantitative estimate of drug-likeness (QED) is 0.440. The molecule has 2 nitrogen and oxygen atoms in total. The molecule has 0 atom stereocenters. The van der Waals surface area contributed by atoms with Crippen molar-refractivity contribution in [2.45, 2.75) is 58.9 Å². The third kappa shape index (κ3) is 6.91. The van der Waals surface area contributed by atoms with E-state index in [0.29, 0.717) is 12.6 Å². The fourth-order valence-electron chi connectivity index (χ4n) is 1.53. The summed E-state index contributed by atoms with van der Waals surface area (Å²) in [4.78, 5) is 2.24. The second-order valence-electron chi connectivity index (χ2n) is 4.14. The van der Waals surface area contributed by atoms with Gasteiger partial charge in [-0.15, -0.1) is 0 Å². The van der Waals surface area contributed by atoms with E-state index in [1.807, 2.05) is 0 Å². The number of nitriles is 1. The van der Waals surface area contributed by atoms with Crippen LogP contribution in [0, 0.1) is 11.3 Å². The van der Waals surface area contributed by atoms with Crippen LogP contribution in [-0.4, -0.2) is 24.0 Å². The molecule has 82 valence electrons. The van der Waals surface area contributed by atoms with Crippen LogP contribution in [0.3, 0.4) is 0 Å². The molecule has 2 heteroatoms. The minimum atomic E-state index is 0.501. The highest BCUT2D eigenvalue weighted by atomic mass is 15.1. The number of nitrogens with zero attached hydrogens (tertiary/aromatic N) is 2. The Balaban J connectivity index is 3.47. The van der Waals surface area contributed by atoms with Crippen LogP contribution in [0.2, 0.25) is 0 Å². The molecule has 0 aliphatic rings. The fourth-order valence-corrected chi connectivity index (χ4v) is 1.53. The lowest BCUT2D eigenvalue weighted by Crippen LogP contribution is -2.32. The summed E-state index contributed by atoms with van der Waals surface area (Å²) in [6.07, 6.45) is 6.53. The average molecular weight is 196 g/mol. The molecule has 0 aliphatic carbocycles. The molecular weight excluding hydrogens is 172 g/mol. The van der Waals surface area contributed by atoms with Crippen molar-refractivity contribution >= 4 is 0 Å². The highest BCUT2D eigenvalue weighted by Gasteiger charge is 2.07. The molecule has 14 heavy (non-hydrogen) atoms. The van der Waals surface area contributed by atoms with Gasteiger partial charge in [-0.1, -0.05) is 32.6 Å². The van der Waals surface area contributed by atoms with E-state index in [-0.39, 0.29) is 0 Å². The van der Waals surface area contributed by atoms with Gasteiger partial charge < -0.3 is 0 Å². The number of rotatable bonds is 8. The lowest BCUT2D eigenvalue weighted by molar-refractivity contribution is 0.243. The zero-order chi connectivity index (χ0) is 10.8. The topological polar surface area (TPSA) is 27.0 Å². The molecule has 0 aromatic carbocycles. The summed E-state index contributed by atoms with van der Waals surface area (Å²) in [6, 6.07) is 2.73. The Morgan fingerprint density at radius 1 is 1.14 bits per heavy atom. The van der Waals surface area contributed by atoms with Crippen LogP contribution in [0.5, 0.6) is 0 Å². The predicted octanol–water partition coefficient (Wildman–Crippen LogP) is 3.19. The molecule has 0 saturated carbocycles. The van der Waals surface area contributed by atoms with Crippen molar-refractivity contribution in [2.24, 2.45) is 0 Å². The maximum atomic E-state index is 8.63. The summed E-state index contributed by atoms with van der Waals surface area (Å²) in [6.45, 7) is 8.20. The molecule has 0 rings (SSSR count). The van der Waals surface area contributed by atoms with Gasteiger partial charge in [0.25, 0.3) is 0 Å². The standard InChI is InChI=1S/C12H24N2/c1-4-5-6-7-8-10-14(11-9-13)12(2)3/h12H,4-8,10-11H2,1-3H3. The summed E-state index contributed by atoms with van der Waals surface area (Å²) in [5.41, 5.74) is 0. The van der Waals surface area contributed by atoms with Crippen molar-refractivity contribution in [3.8, 4) is 6.07 Å². The summed E-state index contributed by atoms with van der Waals surface area (Å²) >= 11 is 0. The Kier molecular flexibility index (Phi) is 8.67. The molecule has 0 fully saturated rings. The molecule has 0 aromatic heterocycles. The van der Waals surface area contributed by atoms with Gasteiger partial charge in [0.1, 0.15) is 0 Å². The number of hydrogen-bond acceptors (Lipinski definition) is 2. The Labute approximate surface area is 88.9 Å².